The molecule has 6 nitrogen and oxygen atoms in total. The Morgan fingerprint density at radius 3 is 2.68 bits per heavy atom. The topological polar surface area (TPSA) is 93.5 Å². The number of nitrogens with two attached hydrogens (primary N) is 1. The monoisotopic (exact) mass is 287 g/mol. The normalized spacial score (nSPS) is 11.3. The summed E-state index contributed by atoms with van der Waals surface area (Å²) in [6, 6.07) is 5.37. The maximum absolute atomic E-state index is 11.5. The second kappa shape index (κ2) is 7.20. The first kappa shape index (κ1) is 15.6. The summed E-state index contributed by atoms with van der Waals surface area (Å²) in [4.78, 5) is 0. The van der Waals surface area contributed by atoms with Gasteiger partial charge >= 0.3 is 0 Å². The molecule has 4 N–H and O–H groups in total. The lowest BCUT2D eigenvalue weighted by atomic mass is 10.2. The van der Waals surface area contributed by atoms with Crippen molar-refractivity contribution in [1.29, 1.82) is 0 Å². The zero-order chi connectivity index (χ0) is 14.3. The lowest BCUT2D eigenvalue weighted by molar-refractivity contribution is 0.342. The summed E-state index contributed by atoms with van der Waals surface area (Å²) in [5.41, 5.74) is 7.09. The van der Waals surface area contributed by atoms with Crippen LogP contribution in [0.3, 0.4) is 0 Å². The number of para-hydroxylation sites is 1. The van der Waals surface area contributed by atoms with Gasteiger partial charge in [-0.1, -0.05) is 13.0 Å². The fourth-order valence-electron chi connectivity index (χ4n) is 1.59. The van der Waals surface area contributed by atoms with Crippen LogP contribution in [0.25, 0.3) is 0 Å². The van der Waals surface area contributed by atoms with Crippen LogP contribution in [0.5, 0.6) is 5.75 Å². The van der Waals surface area contributed by atoms with Crippen molar-refractivity contribution in [2.24, 2.45) is 0 Å². The van der Waals surface area contributed by atoms with E-state index in [9.17, 15) is 8.42 Å². The smallest absolute Gasteiger partial charge is 0.213 e. The summed E-state index contributed by atoms with van der Waals surface area (Å²) in [5, 5.41) is 3.00. The highest BCUT2D eigenvalue weighted by molar-refractivity contribution is 7.89. The van der Waals surface area contributed by atoms with E-state index in [1.165, 1.54) is 0 Å². The van der Waals surface area contributed by atoms with Crippen molar-refractivity contribution < 1.29 is 13.2 Å². The number of hydrogen-bond donors (Lipinski definition) is 3. The van der Waals surface area contributed by atoms with Crippen LogP contribution in [0.4, 0.5) is 11.4 Å². The van der Waals surface area contributed by atoms with Gasteiger partial charge in [0.15, 0.2) is 0 Å². The van der Waals surface area contributed by atoms with Gasteiger partial charge in [0, 0.05) is 13.1 Å². The Kier molecular flexibility index (Phi) is 5.91. The van der Waals surface area contributed by atoms with E-state index < -0.39 is 10.0 Å². The first-order valence-corrected chi connectivity index (χ1v) is 7.88. The van der Waals surface area contributed by atoms with E-state index in [0.29, 0.717) is 30.3 Å². The second-order valence-electron chi connectivity index (χ2n) is 3.89. The van der Waals surface area contributed by atoms with Crippen LogP contribution in [0.15, 0.2) is 18.2 Å². The summed E-state index contributed by atoms with van der Waals surface area (Å²) in [7, 11) is -3.22. The molecule has 0 fully saturated rings. The summed E-state index contributed by atoms with van der Waals surface area (Å²) in [5.74, 6) is 0.598. The Bertz CT molecular complexity index is 503. The van der Waals surface area contributed by atoms with Gasteiger partial charge in [-0.25, -0.2) is 13.1 Å². The fraction of sp³-hybridized carbons (Fsp3) is 0.500. The quantitative estimate of drug-likeness (QED) is 0.621. The second-order valence-corrected chi connectivity index (χ2v) is 5.82. The summed E-state index contributed by atoms with van der Waals surface area (Å²) in [6.45, 7) is 4.83. The Labute approximate surface area is 114 Å². The zero-order valence-electron chi connectivity index (χ0n) is 11.3. The maximum Gasteiger partial charge on any atom is 0.213 e. The van der Waals surface area contributed by atoms with Gasteiger partial charge in [-0.05, 0) is 19.1 Å². The third-order valence-electron chi connectivity index (χ3n) is 2.42. The van der Waals surface area contributed by atoms with E-state index in [2.05, 4.69) is 10.0 Å². The number of benzene rings is 1. The first-order valence-electron chi connectivity index (χ1n) is 6.22. The summed E-state index contributed by atoms with van der Waals surface area (Å²) in [6.07, 6.45) is 0. The minimum absolute atomic E-state index is 0.000851. The summed E-state index contributed by atoms with van der Waals surface area (Å²) < 4.78 is 30.7. The van der Waals surface area contributed by atoms with Crippen LogP contribution in [0.1, 0.15) is 13.8 Å². The predicted molar refractivity (Wildman–Crippen MR) is 78.0 cm³/mol. The highest BCUT2D eigenvalue weighted by Gasteiger charge is 2.09. The van der Waals surface area contributed by atoms with Crippen molar-refractivity contribution in [3.05, 3.63) is 18.2 Å². The molecule has 0 atom stereocenters. The van der Waals surface area contributed by atoms with Crippen molar-refractivity contribution in [2.45, 2.75) is 13.8 Å². The molecule has 0 aliphatic rings. The minimum atomic E-state index is -3.22. The van der Waals surface area contributed by atoms with Gasteiger partial charge in [0.1, 0.15) is 5.75 Å². The maximum atomic E-state index is 11.5. The highest BCUT2D eigenvalue weighted by atomic mass is 32.2. The van der Waals surface area contributed by atoms with Gasteiger partial charge in [0.2, 0.25) is 10.0 Å². The number of sulfonamides is 1. The van der Waals surface area contributed by atoms with Gasteiger partial charge in [0.25, 0.3) is 0 Å². The Morgan fingerprint density at radius 2 is 2.05 bits per heavy atom. The average molecular weight is 287 g/mol. The number of ether oxygens (including phenoxy) is 1. The van der Waals surface area contributed by atoms with Crippen LogP contribution in [0, 0.1) is 0 Å². The molecule has 0 aliphatic carbocycles. The number of rotatable bonds is 8. The molecule has 0 spiro atoms. The molecule has 0 aliphatic heterocycles. The number of nitrogens with one attached hydrogen (secondary N) is 2. The van der Waals surface area contributed by atoms with E-state index in [-0.39, 0.29) is 12.3 Å². The molecule has 0 saturated heterocycles. The van der Waals surface area contributed by atoms with Gasteiger partial charge in [0.05, 0.1) is 23.7 Å². The van der Waals surface area contributed by atoms with Crippen molar-refractivity contribution in [1.82, 2.24) is 4.72 Å². The molecule has 0 radical (unpaired) electrons. The minimum Gasteiger partial charge on any atom is -0.492 e. The van der Waals surface area contributed by atoms with Crippen molar-refractivity contribution in [3.8, 4) is 5.75 Å². The van der Waals surface area contributed by atoms with Gasteiger partial charge < -0.3 is 15.8 Å². The van der Waals surface area contributed by atoms with Crippen molar-refractivity contribution in [2.75, 3.05) is 36.5 Å². The van der Waals surface area contributed by atoms with E-state index in [1.807, 2.05) is 13.0 Å². The fourth-order valence-corrected chi connectivity index (χ4v) is 2.55. The lowest BCUT2D eigenvalue weighted by Gasteiger charge is -2.13. The molecule has 0 unspecified atom stereocenters. The SMILES string of the molecule is CCNS(=O)(=O)CCNc1cccc(OCC)c1N. The molecule has 0 saturated carbocycles. The molecule has 1 aromatic carbocycles. The Balaban J connectivity index is 2.61. The lowest BCUT2D eigenvalue weighted by Crippen LogP contribution is -2.29. The van der Waals surface area contributed by atoms with E-state index >= 15 is 0 Å². The van der Waals surface area contributed by atoms with Crippen LogP contribution in [0.2, 0.25) is 0 Å². The van der Waals surface area contributed by atoms with Crippen LogP contribution in [-0.4, -0.2) is 33.9 Å². The first-order chi connectivity index (χ1) is 9.00. The van der Waals surface area contributed by atoms with Gasteiger partial charge in [-0.2, -0.15) is 0 Å². The van der Waals surface area contributed by atoms with Gasteiger partial charge in [-0.15, -0.1) is 0 Å². The van der Waals surface area contributed by atoms with Crippen molar-refractivity contribution >= 4 is 21.4 Å². The Morgan fingerprint density at radius 1 is 1.32 bits per heavy atom. The highest BCUT2D eigenvalue weighted by Crippen LogP contribution is 2.29. The third kappa shape index (κ3) is 4.96. The van der Waals surface area contributed by atoms with Crippen LogP contribution in [-0.2, 0) is 10.0 Å². The van der Waals surface area contributed by atoms with Crippen LogP contribution < -0.4 is 20.5 Å². The molecule has 0 bridgehead atoms. The number of anilines is 2. The van der Waals surface area contributed by atoms with Crippen LogP contribution >= 0.6 is 0 Å². The van der Waals surface area contributed by atoms with Gasteiger partial charge in [-0.3, -0.25) is 0 Å². The zero-order valence-corrected chi connectivity index (χ0v) is 12.1. The molecule has 1 aromatic rings. The van der Waals surface area contributed by atoms with E-state index in [4.69, 9.17) is 10.5 Å². The molecule has 1 rings (SSSR count). The summed E-state index contributed by atoms with van der Waals surface area (Å²) >= 11 is 0. The predicted octanol–water partition coefficient (Wildman–Crippen LogP) is 1.02. The molecule has 0 heterocycles. The average Bonchev–Trinajstić information content (AvgIpc) is 2.34. The largest absolute Gasteiger partial charge is 0.492 e. The molecule has 19 heavy (non-hydrogen) atoms. The molecule has 7 heteroatoms. The van der Waals surface area contributed by atoms with E-state index in [0.717, 1.165) is 0 Å². The molecule has 0 amide bonds. The van der Waals surface area contributed by atoms with E-state index in [1.54, 1.807) is 19.1 Å². The molecule has 0 aromatic heterocycles. The van der Waals surface area contributed by atoms with Crippen molar-refractivity contribution in [3.63, 3.8) is 0 Å². The molecular formula is C12H21N3O3S. The standard InChI is InChI=1S/C12H21N3O3S/c1-3-15-19(16,17)9-8-14-10-6-5-7-11(12(10)13)18-4-2/h5-7,14-15H,3-4,8-9,13H2,1-2H3. The Hall–Kier alpha value is -1.47. The molecular weight excluding hydrogens is 266 g/mol. The number of nitrogen functional groups attached to an aromatic ring is 1. The third-order valence-corrected chi connectivity index (χ3v) is 3.89. The molecule has 108 valence electrons. The number of hydrogen-bond acceptors (Lipinski definition) is 5.